The number of benzene rings is 3. The molecule has 3 aromatic carbocycles. The molecule has 0 spiro atoms. The van der Waals surface area contributed by atoms with Crippen molar-refractivity contribution in [2.45, 2.75) is 108 Å². The molecule has 0 unspecified atom stereocenters. The van der Waals surface area contributed by atoms with E-state index in [1.54, 1.807) is 6.92 Å². The van der Waals surface area contributed by atoms with E-state index in [1.807, 2.05) is 48.5 Å². The molecule has 0 aliphatic heterocycles. The van der Waals surface area contributed by atoms with Gasteiger partial charge in [0.05, 0.1) is 5.52 Å². The maximum absolute atomic E-state index is 11.8. The first-order chi connectivity index (χ1) is 19.6. The van der Waals surface area contributed by atoms with Gasteiger partial charge in [0, 0.05) is 41.9 Å². The molecule has 44 heavy (non-hydrogen) atoms. The number of hydrogen-bond donors (Lipinski definition) is 1. The maximum Gasteiger partial charge on any atom is 0.167 e. The minimum absolute atomic E-state index is 0. The summed E-state index contributed by atoms with van der Waals surface area (Å²) in [7, 11) is 0. The van der Waals surface area contributed by atoms with Crippen LogP contribution >= 0.6 is 0 Å². The number of aryl methyl sites for hydroxylation is 2. The topological polar surface area (TPSA) is 63.1 Å². The van der Waals surface area contributed by atoms with Gasteiger partial charge in [0.2, 0.25) is 0 Å². The van der Waals surface area contributed by atoms with Crippen LogP contribution in [0, 0.1) is 30.7 Å². The average molecular weight is 772 g/mol. The van der Waals surface area contributed by atoms with Gasteiger partial charge in [-0.25, -0.2) is 4.98 Å². The van der Waals surface area contributed by atoms with Crippen LogP contribution < -0.4 is 0 Å². The molecule has 0 amide bonds. The van der Waals surface area contributed by atoms with Crippen molar-refractivity contribution in [3.05, 3.63) is 82.4 Å². The molecule has 4 aromatic rings. The third-order valence-corrected chi connectivity index (χ3v) is 7.69. The molecular formula is C39H51IrN2O2-. The second kappa shape index (κ2) is 13.6. The fraction of sp³-hybridized carbons (Fsp3) is 0.462. The average Bonchev–Trinajstić information content (AvgIpc) is 2.89. The number of hydrogen-bond acceptors (Lipinski definition) is 4. The van der Waals surface area contributed by atoms with E-state index in [0.29, 0.717) is 11.5 Å². The third kappa shape index (κ3) is 8.43. The van der Waals surface area contributed by atoms with E-state index in [4.69, 9.17) is 9.97 Å². The van der Waals surface area contributed by atoms with Crippen LogP contribution in [0.25, 0.3) is 32.9 Å². The molecule has 1 aromatic heterocycles. The van der Waals surface area contributed by atoms with Gasteiger partial charge >= 0.3 is 0 Å². The number of nitrogens with zero attached hydrogens (tertiary/aromatic N) is 2. The molecule has 1 heterocycles. The first-order valence-electron chi connectivity index (χ1n) is 15.3. The van der Waals surface area contributed by atoms with Gasteiger partial charge in [0.25, 0.3) is 0 Å². The van der Waals surface area contributed by atoms with E-state index in [-0.39, 0.29) is 42.5 Å². The third-order valence-electron chi connectivity index (χ3n) is 7.69. The fourth-order valence-corrected chi connectivity index (χ4v) is 5.30. The van der Waals surface area contributed by atoms with Crippen molar-refractivity contribution < 1.29 is 30.0 Å². The van der Waals surface area contributed by atoms with Crippen LogP contribution in [-0.2, 0) is 30.3 Å². The van der Waals surface area contributed by atoms with Gasteiger partial charge in [0.1, 0.15) is 11.6 Å². The summed E-state index contributed by atoms with van der Waals surface area (Å²) in [5, 5.41) is 13.4. The predicted octanol–water partition coefficient (Wildman–Crippen LogP) is 10.8. The largest absolute Gasteiger partial charge is 0.511 e. The molecule has 1 N–H and O–H groups in total. The predicted molar refractivity (Wildman–Crippen MR) is 183 cm³/mol. The zero-order valence-electron chi connectivity index (χ0n) is 29.2. The number of aliphatic hydroxyl groups is 1. The first kappa shape index (κ1) is 37.3. The standard InChI is InChI=1S/C27H29N2.C12H22O2.Ir/c1-16(2)22-10-8-9-19-11-12-23-25(28-18(4)29-26(23)24(19)22)20-13-17(3)14-21(15-20)27(5,6)7;1-8(9(13)11(2,3)4)10(14)12(5,6)7;/h8-12,14-16H,1-7H3;13H,1-7H3;/q-1;;/b;9-8-;. The van der Waals surface area contributed by atoms with Crippen molar-refractivity contribution >= 4 is 27.5 Å². The van der Waals surface area contributed by atoms with Crippen LogP contribution in [0.15, 0.2) is 53.8 Å². The molecule has 4 nitrogen and oxygen atoms in total. The summed E-state index contributed by atoms with van der Waals surface area (Å²) in [6.45, 7) is 28.3. The number of allylic oxidation sites excluding steroid dienone is 2. The van der Waals surface area contributed by atoms with E-state index in [9.17, 15) is 9.90 Å². The van der Waals surface area contributed by atoms with Crippen molar-refractivity contribution in [2.75, 3.05) is 0 Å². The molecule has 0 aliphatic rings. The monoisotopic (exact) mass is 772 g/mol. The van der Waals surface area contributed by atoms with Crippen LogP contribution in [0.4, 0.5) is 0 Å². The number of carbonyl (C=O) groups excluding carboxylic acids is 1. The Morgan fingerprint density at radius 1 is 0.864 bits per heavy atom. The Kier molecular flexibility index (Phi) is 11.6. The number of rotatable bonds is 3. The van der Waals surface area contributed by atoms with Crippen LogP contribution in [0.1, 0.15) is 112 Å². The van der Waals surface area contributed by atoms with Gasteiger partial charge in [-0.05, 0) is 47.2 Å². The second-order valence-electron chi connectivity index (χ2n) is 15.2. The minimum Gasteiger partial charge on any atom is -0.511 e. The first-order valence-corrected chi connectivity index (χ1v) is 15.3. The zero-order valence-corrected chi connectivity index (χ0v) is 31.6. The van der Waals surface area contributed by atoms with Gasteiger partial charge in [-0.1, -0.05) is 113 Å². The Morgan fingerprint density at radius 2 is 1.48 bits per heavy atom. The molecule has 0 saturated heterocycles. The summed E-state index contributed by atoms with van der Waals surface area (Å²) in [4.78, 5) is 21.6. The van der Waals surface area contributed by atoms with Crippen molar-refractivity contribution in [1.29, 1.82) is 0 Å². The number of ketones is 1. The molecule has 239 valence electrons. The van der Waals surface area contributed by atoms with E-state index in [2.05, 4.69) is 90.1 Å². The van der Waals surface area contributed by atoms with E-state index < -0.39 is 5.41 Å². The van der Waals surface area contributed by atoms with Gasteiger partial charge in [-0.15, -0.1) is 34.9 Å². The summed E-state index contributed by atoms with van der Waals surface area (Å²) in [5.74, 6) is 1.43. The maximum atomic E-state index is 11.8. The number of fused-ring (bicyclic) bond motifs is 3. The summed E-state index contributed by atoms with van der Waals surface area (Å²) >= 11 is 0. The van der Waals surface area contributed by atoms with Crippen molar-refractivity contribution in [2.24, 2.45) is 10.8 Å². The Balaban J connectivity index is 0.000000385. The van der Waals surface area contributed by atoms with Crippen LogP contribution in [0.2, 0.25) is 0 Å². The van der Waals surface area contributed by atoms with Gasteiger partial charge in [0.15, 0.2) is 5.78 Å². The van der Waals surface area contributed by atoms with Crippen LogP contribution in [0.3, 0.4) is 0 Å². The van der Waals surface area contributed by atoms with Crippen LogP contribution in [-0.4, -0.2) is 20.9 Å². The van der Waals surface area contributed by atoms with Crippen molar-refractivity contribution in [3.8, 4) is 11.3 Å². The van der Waals surface area contributed by atoms with Gasteiger partial charge in [-0.3, -0.25) is 9.78 Å². The summed E-state index contributed by atoms with van der Waals surface area (Å²) in [5.41, 5.74) is 6.61. The van der Waals surface area contributed by atoms with Gasteiger partial charge in [-0.2, -0.15) is 0 Å². The van der Waals surface area contributed by atoms with Crippen LogP contribution in [0.5, 0.6) is 0 Å². The Hall–Kier alpha value is -2.88. The summed E-state index contributed by atoms with van der Waals surface area (Å²) in [6.07, 6.45) is 0. The number of aliphatic hydroxyl groups excluding tert-OH is 1. The molecular weight excluding hydrogens is 721 g/mol. The number of aromatic nitrogens is 2. The minimum atomic E-state index is -0.427. The smallest absolute Gasteiger partial charge is 0.167 e. The normalized spacial score (nSPS) is 12.9. The molecule has 0 bridgehead atoms. The molecule has 0 saturated carbocycles. The fourth-order valence-electron chi connectivity index (χ4n) is 5.30. The van der Waals surface area contributed by atoms with E-state index in [0.717, 1.165) is 33.5 Å². The second-order valence-corrected chi connectivity index (χ2v) is 15.2. The Labute approximate surface area is 279 Å². The molecule has 0 aliphatic carbocycles. The SMILES string of the molecule is C/C(C(=O)C(C)(C)C)=C(/O)C(C)(C)C.Cc1[c-]c(-c2nc(C)nc3c2ccc2cccc(C(C)C)c23)cc(C(C)(C)C)c1.[Ir]. The number of Topliss-reactive ketones (excluding diaryl/α,β-unsaturated/α-hetero) is 1. The summed E-state index contributed by atoms with van der Waals surface area (Å²) < 4.78 is 0. The Morgan fingerprint density at radius 3 is 2.00 bits per heavy atom. The van der Waals surface area contributed by atoms with Crippen molar-refractivity contribution in [3.63, 3.8) is 0 Å². The van der Waals surface area contributed by atoms with E-state index in [1.165, 1.54) is 21.9 Å². The summed E-state index contributed by atoms with van der Waals surface area (Å²) in [6, 6.07) is 18.9. The molecule has 0 fully saturated rings. The molecule has 4 rings (SSSR count). The number of carbonyl (C=O) groups is 1. The van der Waals surface area contributed by atoms with E-state index >= 15 is 0 Å². The molecule has 5 heteroatoms. The Bertz CT molecular complexity index is 1690. The molecule has 1 radical (unpaired) electrons. The zero-order chi connectivity index (χ0) is 32.7. The van der Waals surface area contributed by atoms with Gasteiger partial charge < -0.3 is 5.11 Å². The quantitative estimate of drug-likeness (QED) is 0.0975. The van der Waals surface area contributed by atoms with Crippen molar-refractivity contribution in [1.82, 2.24) is 9.97 Å². The molecule has 0 atom stereocenters.